The van der Waals surface area contributed by atoms with Gasteiger partial charge in [0.1, 0.15) is 13.2 Å². The highest BCUT2D eigenvalue weighted by atomic mass is 16.6. The minimum absolute atomic E-state index is 0.0900. The van der Waals surface area contributed by atoms with Crippen LogP contribution in [0.15, 0.2) is 48.6 Å². The van der Waals surface area contributed by atoms with E-state index in [9.17, 15) is 14.4 Å². The van der Waals surface area contributed by atoms with E-state index in [-0.39, 0.29) is 37.5 Å². The first-order chi connectivity index (χ1) is 35.0. The fourth-order valence-electron chi connectivity index (χ4n) is 9.14. The highest BCUT2D eigenvalue weighted by molar-refractivity contribution is 5.71. The first-order valence-corrected chi connectivity index (χ1v) is 31.1. The molecule has 6 heteroatoms. The largest absolute Gasteiger partial charge is 0.462 e. The number of rotatable bonds is 57. The van der Waals surface area contributed by atoms with Crippen LogP contribution in [0.2, 0.25) is 0 Å². The number of unbranched alkanes of at least 4 members (excludes halogenated alkanes) is 38. The van der Waals surface area contributed by atoms with Gasteiger partial charge >= 0.3 is 17.9 Å². The van der Waals surface area contributed by atoms with Gasteiger partial charge < -0.3 is 14.2 Å². The minimum Gasteiger partial charge on any atom is -0.462 e. The number of allylic oxidation sites excluding steroid dienone is 8. The number of ether oxygens (including phenoxy) is 3. The molecule has 0 spiro atoms. The molecule has 71 heavy (non-hydrogen) atoms. The van der Waals surface area contributed by atoms with Crippen molar-refractivity contribution in [3.05, 3.63) is 48.6 Å². The van der Waals surface area contributed by atoms with Crippen LogP contribution in [0.4, 0.5) is 0 Å². The Bertz CT molecular complexity index is 1230. The summed E-state index contributed by atoms with van der Waals surface area (Å²) < 4.78 is 16.9. The summed E-state index contributed by atoms with van der Waals surface area (Å²) in [6.07, 6.45) is 74.0. The van der Waals surface area contributed by atoms with Crippen LogP contribution in [0.5, 0.6) is 0 Å². The van der Waals surface area contributed by atoms with Gasteiger partial charge in [0.15, 0.2) is 6.10 Å². The van der Waals surface area contributed by atoms with Crippen LogP contribution in [0.1, 0.15) is 329 Å². The van der Waals surface area contributed by atoms with Crippen molar-refractivity contribution in [2.45, 2.75) is 335 Å². The SMILES string of the molecule is CCCCC/C=C\C/C=C\C/C=C\C/C=C\CCCC(=O)O[C@H](COC(=O)CCCCCCCCCCCCCCCCCCC)COC(=O)CCCCCCCCCCCCCCCCCCCCC. The molecule has 1 atom stereocenters. The van der Waals surface area contributed by atoms with E-state index in [0.29, 0.717) is 19.3 Å². The molecule has 0 N–H and O–H groups in total. The van der Waals surface area contributed by atoms with E-state index in [4.69, 9.17) is 14.2 Å². The Morgan fingerprint density at radius 2 is 0.521 bits per heavy atom. The van der Waals surface area contributed by atoms with E-state index in [1.165, 1.54) is 218 Å². The Balaban J connectivity index is 4.39. The fraction of sp³-hybridized carbons (Fsp3) is 0.831. The van der Waals surface area contributed by atoms with Gasteiger partial charge in [-0.3, -0.25) is 14.4 Å². The Morgan fingerprint density at radius 3 is 0.831 bits per heavy atom. The molecule has 0 heterocycles. The summed E-state index contributed by atoms with van der Waals surface area (Å²) in [7, 11) is 0. The van der Waals surface area contributed by atoms with Crippen molar-refractivity contribution in [2.75, 3.05) is 13.2 Å². The molecule has 0 amide bonds. The van der Waals surface area contributed by atoms with Crippen molar-refractivity contribution < 1.29 is 28.6 Å². The second-order valence-electron chi connectivity index (χ2n) is 21.0. The highest BCUT2D eigenvalue weighted by Gasteiger charge is 2.19. The summed E-state index contributed by atoms with van der Waals surface area (Å²) in [5, 5.41) is 0. The van der Waals surface area contributed by atoms with E-state index in [1.807, 2.05) is 0 Å². The monoisotopic (exact) mass is 995 g/mol. The third kappa shape index (κ3) is 58.1. The van der Waals surface area contributed by atoms with Gasteiger partial charge in [0.2, 0.25) is 0 Å². The molecule has 0 unspecified atom stereocenters. The molecule has 0 aromatic carbocycles. The molecule has 6 nitrogen and oxygen atoms in total. The minimum atomic E-state index is -0.799. The van der Waals surface area contributed by atoms with Gasteiger partial charge in [0.05, 0.1) is 0 Å². The van der Waals surface area contributed by atoms with E-state index in [1.54, 1.807) is 0 Å². The molecule has 414 valence electrons. The lowest BCUT2D eigenvalue weighted by Crippen LogP contribution is -2.30. The Kier molecular flexibility index (Phi) is 57.7. The third-order valence-corrected chi connectivity index (χ3v) is 13.8. The van der Waals surface area contributed by atoms with Gasteiger partial charge in [-0.05, 0) is 57.8 Å². The van der Waals surface area contributed by atoms with Crippen molar-refractivity contribution in [1.82, 2.24) is 0 Å². The van der Waals surface area contributed by atoms with E-state index in [0.717, 1.165) is 64.2 Å². The van der Waals surface area contributed by atoms with Gasteiger partial charge in [0.25, 0.3) is 0 Å². The van der Waals surface area contributed by atoms with Gasteiger partial charge in [-0.15, -0.1) is 0 Å². The highest BCUT2D eigenvalue weighted by Crippen LogP contribution is 2.17. The molecule has 0 saturated heterocycles. The van der Waals surface area contributed by atoms with Gasteiger partial charge in [-0.25, -0.2) is 0 Å². The van der Waals surface area contributed by atoms with Crippen LogP contribution in [0.3, 0.4) is 0 Å². The van der Waals surface area contributed by atoms with Crippen molar-refractivity contribution in [3.63, 3.8) is 0 Å². The number of hydrogen-bond donors (Lipinski definition) is 0. The molecule has 0 aliphatic carbocycles. The molecule has 0 rings (SSSR count). The average molecular weight is 996 g/mol. The molecular formula is C65H118O6. The first kappa shape index (κ1) is 68.4. The molecular weight excluding hydrogens is 877 g/mol. The zero-order valence-electron chi connectivity index (χ0n) is 47.5. The quantitative estimate of drug-likeness (QED) is 0.0261. The summed E-state index contributed by atoms with van der Waals surface area (Å²) in [5.41, 5.74) is 0. The van der Waals surface area contributed by atoms with Crippen molar-refractivity contribution in [2.24, 2.45) is 0 Å². The maximum Gasteiger partial charge on any atom is 0.306 e. The van der Waals surface area contributed by atoms with Crippen LogP contribution in [0, 0.1) is 0 Å². The molecule has 0 saturated carbocycles. The Labute approximate surface area is 441 Å². The van der Waals surface area contributed by atoms with E-state index in [2.05, 4.69) is 69.4 Å². The molecule has 0 radical (unpaired) electrons. The normalized spacial score (nSPS) is 12.3. The lowest BCUT2D eigenvalue weighted by Gasteiger charge is -2.18. The molecule has 0 fully saturated rings. The fourth-order valence-corrected chi connectivity index (χ4v) is 9.14. The predicted molar refractivity (Wildman–Crippen MR) is 307 cm³/mol. The second kappa shape index (κ2) is 59.9. The topological polar surface area (TPSA) is 78.9 Å². The number of carbonyl (C=O) groups excluding carboxylic acids is 3. The zero-order valence-corrected chi connectivity index (χ0v) is 47.5. The van der Waals surface area contributed by atoms with Crippen LogP contribution in [-0.2, 0) is 28.6 Å². The van der Waals surface area contributed by atoms with Crippen LogP contribution in [0.25, 0.3) is 0 Å². The summed E-state index contributed by atoms with van der Waals surface area (Å²) in [6, 6.07) is 0. The molecule has 0 aromatic heterocycles. The molecule has 0 aromatic rings. The maximum absolute atomic E-state index is 12.9. The Hall–Kier alpha value is -2.63. The second-order valence-corrected chi connectivity index (χ2v) is 21.0. The van der Waals surface area contributed by atoms with Gasteiger partial charge in [-0.1, -0.05) is 301 Å². The summed E-state index contributed by atoms with van der Waals surface area (Å²) >= 11 is 0. The maximum atomic E-state index is 12.9. The number of esters is 3. The van der Waals surface area contributed by atoms with Crippen molar-refractivity contribution in [3.8, 4) is 0 Å². The Morgan fingerprint density at radius 1 is 0.282 bits per heavy atom. The smallest absolute Gasteiger partial charge is 0.306 e. The average Bonchev–Trinajstić information content (AvgIpc) is 3.37. The molecule has 0 aliphatic heterocycles. The molecule has 0 aliphatic rings. The number of carbonyl (C=O) groups is 3. The lowest BCUT2D eigenvalue weighted by atomic mass is 10.0. The van der Waals surface area contributed by atoms with Crippen LogP contribution in [-0.4, -0.2) is 37.2 Å². The first-order valence-electron chi connectivity index (χ1n) is 31.1. The summed E-state index contributed by atoms with van der Waals surface area (Å²) in [6.45, 7) is 6.62. The van der Waals surface area contributed by atoms with Gasteiger partial charge in [-0.2, -0.15) is 0 Å². The van der Waals surface area contributed by atoms with E-state index >= 15 is 0 Å². The lowest BCUT2D eigenvalue weighted by molar-refractivity contribution is -0.167. The van der Waals surface area contributed by atoms with Crippen LogP contribution < -0.4 is 0 Å². The summed E-state index contributed by atoms with van der Waals surface area (Å²) in [5.74, 6) is -0.925. The zero-order chi connectivity index (χ0) is 51.4. The number of hydrogen-bond acceptors (Lipinski definition) is 6. The predicted octanol–water partition coefficient (Wildman–Crippen LogP) is 21.0. The van der Waals surface area contributed by atoms with E-state index < -0.39 is 6.10 Å². The van der Waals surface area contributed by atoms with Crippen molar-refractivity contribution in [1.29, 1.82) is 0 Å². The standard InChI is InChI=1S/C65H118O6/c1-4-7-10-13-16-19-22-25-28-31-32-35-37-40-43-46-49-52-55-58-64(67)70-61-62(71-65(68)59-56-53-50-47-44-41-38-34-30-27-24-21-18-15-12-9-6-3)60-69-63(66)57-54-51-48-45-42-39-36-33-29-26-23-20-17-14-11-8-5-2/h18,21,27,30,38,41,47,50,62H,4-17,19-20,22-26,28-29,31-37,39-40,42-46,48-49,51-61H2,1-3H3/b21-18-,30-27-,41-38-,50-47-/t62-/m1/s1. The van der Waals surface area contributed by atoms with Crippen LogP contribution >= 0.6 is 0 Å². The summed E-state index contributed by atoms with van der Waals surface area (Å²) in [4.78, 5) is 38.2. The van der Waals surface area contributed by atoms with Crippen molar-refractivity contribution >= 4 is 17.9 Å². The third-order valence-electron chi connectivity index (χ3n) is 13.8. The molecule has 0 bridgehead atoms. The van der Waals surface area contributed by atoms with Gasteiger partial charge in [0, 0.05) is 19.3 Å².